The van der Waals surface area contributed by atoms with Crippen LogP contribution in [0.4, 0.5) is 10.1 Å². The van der Waals surface area contributed by atoms with Crippen molar-refractivity contribution in [3.8, 4) is 0 Å². The first-order chi connectivity index (χ1) is 9.48. The van der Waals surface area contributed by atoms with E-state index in [1.807, 2.05) is 0 Å². The maximum atomic E-state index is 13.2. The molecule has 0 aliphatic rings. The lowest BCUT2D eigenvalue weighted by atomic mass is 10.3. The second-order valence-electron chi connectivity index (χ2n) is 3.92. The monoisotopic (exact) mass is 297 g/mol. The zero-order valence-corrected chi connectivity index (χ0v) is 11.4. The van der Waals surface area contributed by atoms with Crippen molar-refractivity contribution in [3.63, 3.8) is 0 Å². The van der Waals surface area contributed by atoms with Crippen LogP contribution in [0.1, 0.15) is 17.5 Å². The third-order valence-corrected chi connectivity index (χ3v) is 4.42. The molecule has 0 N–H and O–H groups in total. The Morgan fingerprint density at radius 2 is 2.05 bits per heavy atom. The van der Waals surface area contributed by atoms with Gasteiger partial charge in [-0.25, -0.2) is 4.39 Å². The molecule has 2 aromatic rings. The minimum Gasteiger partial charge on any atom is -0.440 e. The number of benzene rings is 1. The summed E-state index contributed by atoms with van der Waals surface area (Å²) in [5.74, 6) is -0.622. The number of sulfonamides is 1. The summed E-state index contributed by atoms with van der Waals surface area (Å²) >= 11 is 0. The average molecular weight is 297 g/mol. The summed E-state index contributed by atoms with van der Waals surface area (Å²) in [4.78, 5) is 10.5. The van der Waals surface area contributed by atoms with Gasteiger partial charge in [0.1, 0.15) is 5.82 Å². The van der Waals surface area contributed by atoms with Gasteiger partial charge in [-0.1, -0.05) is 6.07 Å². The van der Waals surface area contributed by atoms with Crippen LogP contribution < -0.4 is 4.31 Å². The number of carbonyl (C=O) groups is 1. The first-order valence-electron chi connectivity index (χ1n) is 5.82. The lowest BCUT2D eigenvalue weighted by molar-refractivity contribution is 0.109. The highest BCUT2D eigenvalue weighted by atomic mass is 32.2. The Morgan fingerprint density at radius 1 is 1.30 bits per heavy atom. The van der Waals surface area contributed by atoms with Gasteiger partial charge >= 0.3 is 0 Å². The highest BCUT2D eigenvalue weighted by Gasteiger charge is 2.27. The minimum absolute atomic E-state index is 0.0844. The van der Waals surface area contributed by atoms with Gasteiger partial charge < -0.3 is 4.42 Å². The molecule has 20 heavy (non-hydrogen) atoms. The molecular formula is C13H12FNO4S. The predicted molar refractivity (Wildman–Crippen MR) is 70.7 cm³/mol. The standard InChI is InChI=1S/C13H12FNO4S/c1-2-15(11-5-3-4-10(14)8-11)20(17,18)13-7-6-12(9-16)19-13/h3-9H,2H2,1H3. The molecule has 0 unspecified atom stereocenters. The number of nitrogens with zero attached hydrogens (tertiary/aromatic N) is 1. The van der Waals surface area contributed by atoms with Gasteiger partial charge in [0.05, 0.1) is 5.69 Å². The summed E-state index contributed by atoms with van der Waals surface area (Å²) in [5.41, 5.74) is 0.191. The fraction of sp³-hybridized carbons (Fsp3) is 0.154. The van der Waals surface area contributed by atoms with Crippen LogP contribution in [0.5, 0.6) is 0 Å². The van der Waals surface area contributed by atoms with E-state index in [-0.39, 0.29) is 23.1 Å². The number of carbonyl (C=O) groups excluding carboxylic acids is 1. The molecule has 0 bridgehead atoms. The molecule has 0 saturated heterocycles. The molecule has 0 amide bonds. The Labute approximate surface area is 115 Å². The SMILES string of the molecule is CCN(c1cccc(F)c1)S(=O)(=O)c1ccc(C=O)o1. The Kier molecular flexibility index (Phi) is 3.89. The van der Waals surface area contributed by atoms with E-state index in [9.17, 15) is 17.6 Å². The second kappa shape index (κ2) is 5.46. The summed E-state index contributed by atoms with van der Waals surface area (Å²) in [6.07, 6.45) is 0.414. The predicted octanol–water partition coefficient (Wildman–Crippen LogP) is 2.45. The van der Waals surface area contributed by atoms with Gasteiger partial charge in [0.15, 0.2) is 12.0 Å². The van der Waals surface area contributed by atoms with E-state index in [0.717, 1.165) is 10.4 Å². The fourth-order valence-electron chi connectivity index (χ4n) is 1.77. The van der Waals surface area contributed by atoms with Crippen molar-refractivity contribution in [1.29, 1.82) is 0 Å². The van der Waals surface area contributed by atoms with Gasteiger partial charge in [-0.2, -0.15) is 8.42 Å². The minimum atomic E-state index is -3.97. The van der Waals surface area contributed by atoms with Gasteiger partial charge in [0.2, 0.25) is 5.09 Å². The highest BCUT2D eigenvalue weighted by Crippen LogP contribution is 2.25. The molecule has 0 aliphatic carbocycles. The summed E-state index contributed by atoms with van der Waals surface area (Å²) in [6.45, 7) is 1.72. The number of anilines is 1. The van der Waals surface area contributed by atoms with Crippen molar-refractivity contribution >= 4 is 22.0 Å². The first-order valence-corrected chi connectivity index (χ1v) is 7.26. The van der Waals surface area contributed by atoms with Gasteiger partial charge in [-0.05, 0) is 37.3 Å². The molecule has 0 fully saturated rings. The third kappa shape index (κ3) is 2.57. The molecule has 0 spiro atoms. The maximum Gasteiger partial charge on any atom is 0.297 e. The molecule has 1 heterocycles. The van der Waals surface area contributed by atoms with Crippen LogP contribution in [0.3, 0.4) is 0 Å². The Morgan fingerprint density at radius 3 is 2.60 bits per heavy atom. The topological polar surface area (TPSA) is 67.6 Å². The Balaban J connectivity index is 2.47. The number of rotatable bonds is 5. The third-order valence-electron chi connectivity index (χ3n) is 2.65. The molecule has 0 aliphatic heterocycles. The van der Waals surface area contributed by atoms with Crippen LogP contribution >= 0.6 is 0 Å². The van der Waals surface area contributed by atoms with Crippen LogP contribution in [-0.4, -0.2) is 21.2 Å². The molecular weight excluding hydrogens is 285 g/mol. The summed E-state index contributed by atoms with van der Waals surface area (Å²) in [5, 5.41) is -0.356. The average Bonchev–Trinajstić information content (AvgIpc) is 2.89. The molecule has 0 radical (unpaired) electrons. The molecule has 2 rings (SSSR count). The molecule has 1 aromatic heterocycles. The van der Waals surface area contributed by atoms with Gasteiger partial charge in [-0.3, -0.25) is 9.10 Å². The van der Waals surface area contributed by atoms with Crippen LogP contribution in [0, 0.1) is 5.82 Å². The van der Waals surface area contributed by atoms with Gasteiger partial charge in [0, 0.05) is 6.54 Å². The van der Waals surface area contributed by atoms with E-state index < -0.39 is 15.8 Å². The molecule has 7 heteroatoms. The van der Waals surface area contributed by atoms with Crippen molar-refractivity contribution in [2.75, 3.05) is 10.8 Å². The van der Waals surface area contributed by atoms with E-state index in [1.165, 1.54) is 30.3 Å². The van der Waals surface area contributed by atoms with E-state index >= 15 is 0 Å². The lowest BCUT2D eigenvalue weighted by Gasteiger charge is -2.21. The zero-order chi connectivity index (χ0) is 14.8. The zero-order valence-electron chi connectivity index (χ0n) is 10.6. The largest absolute Gasteiger partial charge is 0.440 e. The summed E-state index contributed by atoms with van der Waals surface area (Å²) < 4.78 is 44.0. The van der Waals surface area contributed by atoms with Gasteiger partial charge in [-0.15, -0.1) is 0 Å². The normalized spacial score (nSPS) is 11.3. The quantitative estimate of drug-likeness (QED) is 0.795. The van der Waals surface area contributed by atoms with Crippen LogP contribution in [0.2, 0.25) is 0 Å². The number of hydrogen-bond donors (Lipinski definition) is 0. The number of furan rings is 1. The summed E-state index contributed by atoms with van der Waals surface area (Å²) in [7, 11) is -3.97. The maximum absolute atomic E-state index is 13.2. The molecule has 5 nitrogen and oxygen atoms in total. The van der Waals surface area contributed by atoms with Crippen molar-refractivity contribution in [2.24, 2.45) is 0 Å². The van der Waals surface area contributed by atoms with Crippen molar-refractivity contribution in [2.45, 2.75) is 12.0 Å². The smallest absolute Gasteiger partial charge is 0.297 e. The first kappa shape index (κ1) is 14.3. The highest BCUT2D eigenvalue weighted by molar-refractivity contribution is 7.92. The fourth-order valence-corrected chi connectivity index (χ4v) is 3.16. The Hall–Kier alpha value is -2.15. The van der Waals surface area contributed by atoms with Crippen molar-refractivity contribution in [1.82, 2.24) is 0 Å². The van der Waals surface area contributed by atoms with Crippen LogP contribution in [0.25, 0.3) is 0 Å². The second-order valence-corrected chi connectivity index (χ2v) is 5.72. The lowest BCUT2D eigenvalue weighted by Crippen LogP contribution is -2.30. The molecule has 106 valence electrons. The summed E-state index contributed by atoms with van der Waals surface area (Å²) in [6, 6.07) is 7.70. The van der Waals surface area contributed by atoms with Crippen LogP contribution in [-0.2, 0) is 10.0 Å². The van der Waals surface area contributed by atoms with Crippen LogP contribution in [0.15, 0.2) is 45.9 Å². The van der Waals surface area contributed by atoms with Crippen molar-refractivity contribution in [3.05, 3.63) is 48.0 Å². The number of hydrogen-bond acceptors (Lipinski definition) is 4. The Bertz CT molecular complexity index is 723. The van der Waals surface area contributed by atoms with E-state index in [4.69, 9.17) is 4.42 Å². The van der Waals surface area contributed by atoms with E-state index in [2.05, 4.69) is 0 Å². The molecule has 0 saturated carbocycles. The van der Waals surface area contributed by atoms with Crippen molar-refractivity contribution < 1.29 is 22.0 Å². The molecule has 1 aromatic carbocycles. The van der Waals surface area contributed by atoms with Gasteiger partial charge in [0.25, 0.3) is 10.0 Å². The van der Waals surface area contributed by atoms with E-state index in [1.54, 1.807) is 6.92 Å². The van der Waals surface area contributed by atoms with E-state index in [0.29, 0.717) is 6.29 Å². The molecule has 0 atom stereocenters. The number of halogens is 1. The number of aldehydes is 1.